The first-order chi connectivity index (χ1) is 13.8. The first kappa shape index (κ1) is 21.3. The highest BCUT2D eigenvalue weighted by atomic mass is 32.2. The van der Waals surface area contributed by atoms with Gasteiger partial charge in [-0.05, 0) is 44.4 Å². The SMILES string of the molecule is COc1ccc(CNC(=O)[C@@H]2CCCN(S(=O)(=O)c3cn(C(C)C)cn3)C2)cc1. The number of ether oxygens (including phenoxy) is 1. The lowest BCUT2D eigenvalue weighted by molar-refractivity contribution is -0.126. The molecule has 0 saturated carbocycles. The van der Waals surface area contributed by atoms with Crippen LogP contribution in [0, 0.1) is 5.92 Å². The van der Waals surface area contributed by atoms with E-state index in [2.05, 4.69) is 10.3 Å². The van der Waals surface area contributed by atoms with Gasteiger partial charge in [-0.2, -0.15) is 4.31 Å². The predicted molar refractivity (Wildman–Crippen MR) is 109 cm³/mol. The molecule has 1 amide bonds. The Labute approximate surface area is 171 Å². The summed E-state index contributed by atoms with van der Waals surface area (Å²) in [4.78, 5) is 16.7. The molecule has 1 aromatic carbocycles. The molecule has 2 heterocycles. The van der Waals surface area contributed by atoms with Gasteiger partial charge in [0, 0.05) is 31.9 Å². The fraction of sp³-hybridized carbons (Fsp3) is 0.500. The third kappa shape index (κ3) is 4.97. The number of piperidine rings is 1. The average molecular weight is 421 g/mol. The standard InChI is InChI=1S/C20H28N4O4S/c1-15(2)23-13-19(22-14-23)29(26,27)24-10-4-5-17(12-24)20(25)21-11-16-6-8-18(28-3)9-7-16/h6-9,13-15,17H,4-5,10-12H2,1-3H3,(H,21,25)/t17-/m1/s1. The van der Waals surface area contributed by atoms with Gasteiger partial charge in [-0.25, -0.2) is 13.4 Å². The lowest BCUT2D eigenvalue weighted by Crippen LogP contribution is -2.45. The smallest absolute Gasteiger partial charge is 0.262 e. The Kier molecular flexibility index (Phi) is 6.59. The number of hydrogen-bond acceptors (Lipinski definition) is 5. The lowest BCUT2D eigenvalue weighted by Gasteiger charge is -2.30. The van der Waals surface area contributed by atoms with E-state index in [1.54, 1.807) is 17.9 Å². The van der Waals surface area contributed by atoms with Gasteiger partial charge in [0.15, 0.2) is 5.03 Å². The maximum absolute atomic E-state index is 12.9. The second-order valence-corrected chi connectivity index (χ2v) is 9.41. The number of aromatic nitrogens is 2. The Morgan fingerprint density at radius 3 is 2.66 bits per heavy atom. The van der Waals surface area contributed by atoms with Gasteiger partial charge in [-0.15, -0.1) is 0 Å². The Morgan fingerprint density at radius 2 is 2.03 bits per heavy atom. The minimum atomic E-state index is -3.71. The fourth-order valence-electron chi connectivity index (χ4n) is 3.32. The number of sulfonamides is 1. The van der Waals surface area contributed by atoms with E-state index in [9.17, 15) is 13.2 Å². The number of hydrogen-bond donors (Lipinski definition) is 1. The zero-order valence-electron chi connectivity index (χ0n) is 17.0. The molecule has 3 rings (SSSR count). The van der Waals surface area contributed by atoms with E-state index >= 15 is 0 Å². The highest BCUT2D eigenvalue weighted by molar-refractivity contribution is 7.89. The first-order valence-corrected chi connectivity index (χ1v) is 11.2. The largest absolute Gasteiger partial charge is 0.497 e. The van der Waals surface area contributed by atoms with Gasteiger partial charge in [0.05, 0.1) is 19.4 Å². The van der Waals surface area contributed by atoms with E-state index in [0.717, 1.165) is 11.3 Å². The van der Waals surface area contributed by atoms with Crippen LogP contribution < -0.4 is 10.1 Å². The molecule has 1 N–H and O–H groups in total. The van der Waals surface area contributed by atoms with Crippen LogP contribution in [0.15, 0.2) is 41.8 Å². The van der Waals surface area contributed by atoms with Crippen molar-refractivity contribution >= 4 is 15.9 Å². The molecule has 158 valence electrons. The van der Waals surface area contributed by atoms with Crippen molar-refractivity contribution in [2.24, 2.45) is 5.92 Å². The summed E-state index contributed by atoms with van der Waals surface area (Å²) >= 11 is 0. The van der Waals surface area contributed by atoms with Crippen molar-refractivity contribution in [3.05, 3.63) is 42.4 Å². The Bertz CT molecular complexity index is 938. The molecule has 9 heteroatoms. The van der Waals surface area contributed by atoms with Gasteiger partial charge in [-0.1, -0.05) is 12.1 Å². The highest BCUT2D eigenvalue weighted by Gasteiger charge is 2.34. The van der Waals surface area contributed by atoms with Crippen LogP contribution in [0.1, 0.15) is 38.3 Å². The number of methoxy groups -OCH3 is 1. The maximum Gasteiger partial charge on any atom is 0.262 e. The quantitative estimate of drug-likeness (QED) is 0.741. The summed E-state index contributed by atoms with van der Waals surface area (Å²) < 4.78 is 34.1. The normalized spacial score (nSPS) is 18.0. The Balaban J connectivity index is 1.62. The van der Waals surface area contributed by atoms with Crippen molar-refractivity contribution in [2.45, 2.75) is 44.3 Å². The molecule has 1 atom stereocenters. The zero-order valence-corrected chi connectivity index (χ0v) is 17.9. The number of benzene rings is 1. The summed E-state index contributed by atoms with van der Waals surface area (Å²) in [6.45, 7) is 4.89. The van der Waals surface area contributed by atoms with E-state index in [-0.39, 0.29) is 29.4 Å². The molecular formula is C20H28N4O4S. The first-order valence-electron chi connectivity index (χ1n) is 9.75. The van der Waals surface area contributed by atoms with Gasteiger partial charge in [0.2, 0.25) is 5.91 Å². The van der Waals surface area contributed by atoms with Crippen LogP contribution in [0.5, 0.6) is 5.75 Å². The number of amides is 1. The van der Waals surface area contributed by atoms with Gasteiger partial charge >= 0.3 is 0 Å². The van der Waals surface area contributed by atoms with Crippen LogP contribution in [0.4, 0.5) is 0 Å². The third-order valence-corrected chi connectivity index (χ3v) is 6.91. The zero-order chi connectivity index (χ0) is 21.0. The summed E-state index contributed by atoms with van der Waals surface area (Å²) in [6.07, 6.45) is 4.39. The van der Waals surface area contributed by atoms with Gasteiger partial charge < -0.3 is 14.6 Å². The Hall–Kier alpha value is -2.39. The van der Waals surface area contributed by atoms with Crippen molar-refractivity contribution in [3.63, 3.8) is 0 Å². The summed E-state index contributed by atoms with van der Waals surface area (Å²) in [5.74, 6) is 0.255. The second kappa shape index (κ2) is 8.96. The number of nitrogens with one attached hydrogen (secondary N) is 1. The average Bonchev–Trinajstić information content (AvgIpc) is 3.24. The van der Waals surface area contributed by atoms with Gasteiger partial charge in [0.25, 0.3) is 10.0 Å². The summed E-state index contributed by atoms with van der Waals surface area (Å²) in [5.41, 5.74) is 0.957. The number of carbonyl (C=O) groups is 1. The summed E-state index contributed by atoms with van der Waals surface area (Å²) in [5, 5.41) is 2.95. The molecule has 0 radical (unpaired) electrons. The van der Waals surface area contributed by atoms with Crippen LogP contribution in [0.25, 0.3) is 0 Å². The molecule has 0 bridgehead atoms. The Morgan fingerprint density at radius 1 is 1.31 bits per heavy atom. The van der Waals surface area contributed by atoms with Crippen LogP contribution >= 0.6 is 0 Å². The van der Waals surface area contributed by atoms with Gasteiger partial charge in [-0.3, -0.25) is 4.79 Å². The van der Waals surface area contributed by atoms with Crippen molar-refractivity contribution < 1.29 is 17.9 Å². The van der Waals surface area contributed by atoms with E-state index in [4.69, 9.17) is 4.74 Å². The molecule has 2 aromatic rings. The van der Waals surface area contributed by atoms with E-state index in [1.165, 1.54) is 10.6 Å². The fourth-order valence-corrected chi connectivity index (χ4v) is 4.76. The van der Waals surface area contributed by atoms with Crippen molar-refractivity contribution in [1.29, 1.82) is 0 Å². The van der Waals surface area contributed by atoms with E-state index in [1.807, 2.05) is 38.1 Å². The van der Waals surface area contributed by atoms with E-state index < -0.39 is 10.0 Å². The molecule has 1 aliphatic rings. The van der Waals surface area contributed by atoms with Crippen LogP contribution in [0.3, 0.4) is 0 Å². The highest BCUT2D eigenvalue weighted by Crippen LogP contribution is 2.24. The molecule has 29 heavy (non-hydrogen) atoms. The molecule has 8 nitrogen and oxygen atoms in total. The number of rotatable bonds is 7. The van der Waals surface area contributed by atoms with Crippen LogP contribution in [-0.4, -0.2) is 48.4 Å². The minimum Gasteiger partial charge on any atom is -0.497 e. The van der Waals surface area contributed by atoms with Gasteiger partial charge in [0.1, 0.15) is 5.75 Å². The molecule has 0 unspecified atom stereocenters. The molecule has 1 aliphatic heterocycles. The number of carbonyl (C=O) groups excluding carboxylic acids is 1. The minimum absolute atomic E-state index is 0.0329. The lowest BCUT2D eigenvalue weighted by atomic mass is 9.99. The molecule has 0 spiro atoms. The third-order valence-electron chi connectivity index (χ3n) is 5.16. The summed E-state index contributed by atoms with van der Waals surface area (Å²) in [7, 11) is -2.10. The topological polar surface area (TPSA) is 93.5 Å². The number of nitrogens with zero attached hydrogens (tertiary/aromatic N) is 3. The van der Waals surface area contributed by atoms with Crippen molar-refractivity contribution in [2.75, 3.05) is 20.2 Å². The van der Waals surface area contributed by atoms with Crippen LogP contribution in [-0.2, 0) is 21.4 Å². The molecule has 0 aliphatic carbocycles. The molecule has 1 fully saturated rings. The van der Waals surface area contributed by atoms with Crippen molar-refractivity contribution in [3.8, 4) is 5.75 Å². The van der Waals surface area contributed by atoms with Crippen LogP contribution in [0.2, 0.25) is 0 Å². The number of imidazole rings is 1. The summed E-state index contributed by atoms with van der Waals surface area (Å²) in [6, 6.07) is 7.59. The second-order valence-electron chi connectivity index (χ2n) is 7.52. The maximum atomic E-state index is 12.9. The van der Waals surface area contributed by atoms with E-state index in [0.29, 0.717) is 25.9 Å². The molecular weight excluding hydrogens is 392 g/mol. The monoisotopic (exact) mass is 420 g/mol. The molecule has 1 saturated heterocycles. The van der Waals surface area contributed by atoms with Crippen molar-refractivity contribution in [1.82, 2.24) is 19.2 Å². The predicted octanol–water partition coefficient (Wildman–Crippen LogP) is 2.19. The molecule has 1 aromatic heterocycles.